The van der Waals surface area contributed by atoms with Crippen LogP contribution in [0.2, 0.25) is 0 Å². The van der Waals surface area contributed by atoms with E-state index >= 15 is 0 Å². The van der Waals surface area contributed by atoms with Crippen LogP contribution in [0.3, 0.4) is 0 Å². The molecule has 0 amide bonds. The fourth-order valence-corrected chi connectivity index (χ4v) is 4.57. The van der Waals surface area contributed by atoms with Crippen LogP contribution in [0.15, 0.2) is 23.8 Å². The molecular weight excluding hydrogens is 336 g/mol. The number of rotatable bonds is 2. The Morgan fingerprint density at radius 1 is 1.31 bits per heavy atom. The molecule has 2 unspecified atom stereocenters. The number of carbonyl (C=O) groups excluding carboxylic acids is 1. The van der Waals surface area contributed by atoms with E-state index in [2.05, 4.69) is 6.58 Å². The fourth-order valence-electron chi connectivity index (χ4n) is 4.57. The molecule has 6 heteroatoms. The summed E-state index contributed by atoms with van der Waals surface area (Å²) < 4.78 is 16.5. The molecule has 3 heterocycles. The van der Waals surface area contributed by atoms with Gasteiger partial charge in [0.1, 0.15) is 18.3 Å². The molecule has 6 nitrogen and oxygen atoms in total. The van der Waals surface area contributed by atoms with E-state index in [1.54, 1.807) is 13.0 Å². The zero-order valence-electron chi connectivity index (χ0n) is 15.6. The largest absolute Gasteiger partial charge is 0.462 e. The predicted octanol–water partition coefficient (Wildman–Crippen LogP) is 1.50. The van der Waals surface area contributed by atoms with E-state index in [9.17, 15) is 15.0 Å². The van der Waals surface area contributed by atoms with Crippen molar-refractivity contribution in [2.45, 2.75) is 75.7 Å². The number of hydrogen-bond donors (Lipinski definition) is 2. The minimum Gasteiger partial charge on any atom is -0.462 e. The van der Waals surface area contributed by atoms with Gasteiger partial charge in [-0.3, -0.25) is 0 Å². The second-order valence-electron chi connectivity index (χ2n) is 8.92. The van der Waals surface area contributed by atoms with Gasteiger partial charge >= 0.3 is 5.97 Å². The van der Waals surface area contributed by atoms with Crippen LogP contribution in [-0.4, -0.2) is 58.4 Å². The lowest BCUT2D eigenvalue weighted by atomic mass is 9.75. The number of epoxide rings is 2. The molecular formula is C20H28O6. The highest BCUT2D eigenvalue weighted by Crippen LogP contribution is 2.47. The minimum absolute atomic E-state index is 0.00689. The molecule has 0 bridgehead atoms. The molecule has 144 valence electrons. The summed E-state index contributed by atoms with van der Waals surface area (Å²) in [6, 6.07) is 0. The van der Waals surface area contributed by atoms with E-state index < -0.39 is 17.7 Å². The zero-order chi connectivity index (χ0) is 18.9. The number of aliphatic hydroxyl groups excluding tert-OH is 1. The van der Waals surface area contributed by atoms with E-state index in [1.165, 1.54) is 0 Å². The number of cyclic esters (lactones) is 1. The third-order valence-corrected chi connectivity index (χ3v) is 6.38. The van der Waals surface area contributed by atoms with E-state index in [0.29, 0.717) is 31.4 Å². The minimum atomic E-state index is -0.924. The maximum Gasteiger partial charge on any atom is 0.334 e. The SMILES string of the molecule is C=C1C[C@H]2O[C@H]2[C@@](C)(O)CC[C@@H]2/C(=C\C(O)C3OC3(C)C)C(=O)OC[C@@H]12. The van der Waals surface area contributed by atoms with Gasteiger partial charge in [0, 0.05) is 17.4 Å². The van der Waals surface area contributed by atoms with Gasteiger partial charge in [-0.15, -0.1) is 0 Å². The molecule has 3 aliphatic heterocycles. The van der Waals surface area contributed by atoms with Crippen molar-refractivity contribution in [3.8, 4) is 0 Å². The summed E-state index contributed by atoms with van der Waals surface area (Å²) in [5, 5.41) is 21.2. The second kappa shape index (κ2) is 5.89. The Hall–Kier alpha value is -1.21. The second-order valence-corrected chi connectivity index (χ2v) is 8.92. The molecule has 0 aromatic carbocycles. The first kappa shape index (κ1) is 18.2. The van der Waals surface area contributed by atoms with Gasteiger partial charge in [-0.2, -0.15) is 0 Å². The quantitative estimate of drug-likeness (QED) is 0.334. The summed E-state index contributed by atoms with van der Waals surface area (Å²) in [5.41, 5.74) is 0.162. The van der Waals surface area contributed by atoms with Gasteiger partial charge in [-0.25, -0.2) is 4.79 Å². The Morgan fingerprint density at radius 3 is 2.65 bits per heavy atom. The lowest BCUT2D eigenvalue weighted by Crippen LogP contribution is -2.37. The molecule has 7 atom stereocenters. The summed E-state index contributed by atoms with van der Waals surface area (Å²) in [6.07, 6.45) is 2.04. The Morgan fingerprint density at radius 2 is 2.00 bits per heavy atom. The van der Waals surface area contributed by atoms with Crippen molar-refractivity contribution in [2.75, 3.05) is 6.61 Å². The van der Waals surface area contributed by atoms with Crippen molar-refractivity contribution in [1.29, 1.82) is 0 Å². The number of esters is 1. The van der Waals surface area contributed by atoms with Crippen LogP contribution in [0.25, 0.3) is 0 Å². The molecule has 0 spiro atoms. The summed E-state index contributed by atoms with van der Waals surface area (Å²) in [6.45, 7) is 10.1. The maximum absolute atomic E-state index is 12.5. The summed E-state index contributed by atoms with van der Waals surface area (Å²) in [7, 11) is 0. The van der Waals surface area contributed by atoms with Crippen LogP contribution in [0.4, 0.5) is 0 Å². The van der Waals surface area contributed by atoms with Crippen LogP contribution < -0.4 is 0 Å². The first-order chi connectivity index (χ1) is 12.1. The number of aliphatic hydroxyl groups is 2. The standard InChI is InChI=1S/C20H28O6/c1-10-7-15-17(25-15)20(4,23)6-5-11-12(18(22)24-9-13(10)11)8-14(21)16-19(2,3)26-16/h8,11,13-17,21,23H,1,5-7,9H2,2-4H3/b12-8+/t11-,13+,14?,15-,16?,17-,20+/m1/s1. The monoisotopic (exact) mass is 364 g/mol. The van der Waals surface area contributed by atoms with E-state index in [0.717, 1.165) is 5.57 Å². The smallest absolute Gasteiger partial charge is 0.334 e. The highest BCUT2D eigenvalue weighted by atomic mass is 16.6. The fraction of sp³-hybridized carbons (Fsp3) is 0.750. The first-order valence-electron chi connectivity index (χ1n) is 9.40. The Bertz CT molecular complexity index is 663. The molecule has 4 fully saturated rings. The molecule has 2 N–H and O–H groups in total. The molecule has 1 saturated carbocycles. The number of hydrogen-bond acceptors (Lipinski definition) is 6. The van der Waals surface area contributed by atoms with E-state index in [1.807, 2.05) is 13.8 Å². The van der Waals surface area contributed by atoms with Crippen LogP contribution >= 0.6 is 0 Å². The molecule has 3 saturated heterocycles. The molecule has 26 heavy (non-hydrogen) atoms. The molecule has 0 radical (unpaired) electrons. The normalized spacial score (nSPS) is 47.0. The van der Waals surface area contributed by atoms with E-state index in [-0.39, 0.29) is 35.7 Å². The topological polar surface area (TPSA) is 91.8 Å². The van der Waals surface area contributed by atoms with Crippen molar-refractivity contribution in [3.63, 3.8) is 0 Å². The predicted molar refractivity (Wildman–Crippen MR) is 93.3 cm³/mol. The molecule has 4 rings (SSSR count). The third kappa shape index (κ3) is 3.13. The van der Waals surface area contributed by atoms with Crippen molar-refractivity contribution >= 4 is 5.97 Å². The van der Waals surface area contributed by atoms with E-state index in [4.69, 9.17) is 14.2 Å². The summed E-state index contributed by atoms with van der Waals surface area (Å²) >= 11 is 0. The van der Waals surface area contributed by atoms with Gasteiger partial charge in [0.15, 0.2) is 0 Å². The highest BCUT2D eigenvalue weighted by Gasteiger charge is 2.55. The maximum atomic E-state index is 12.5. The van der Waals surface area contributed by atoms with Crippen molar-refractivity contribution in [2.24, 2.45) is 11.8 Å². The first-order valence-corrected chi connectivity index (χ1v) is 9.40. The van der Waals surface area contributed by atoms with Gasteiger partial charge in [0.25, 0.3) is 0 Å². The van der Waals surface area contributed by atoms with Crippen LogP contribution in [0, 0.1) is 11.8 Å². The average Bonchev–Trinajstić information content (AvgIpc) is 3.44. The Labute approximate surface area is 153 Å². The number of fused-ring (bicyclic) bond motifs is 2. The number of carbonyl (C=O) groups is 1. The van der Waals surface area contributed by atoms with Gasteiger partial charge < -0.3 is 24.4 Å². The van der Waals surface area contributed by atoms with Crippen molar-refractivity contribution in [1.82, 2.24) is 0 Å². The summed E-state index contributed by atoms with van der Waals surface area (Å²) in [5.74, 6) is -0.529. The average molecular weight is 364 g/mol. The number of ether oxygens (including phenoxy) is 3. The highest BCUT2D eigenvalue weighted by molar-refractivity contribution is 5.90. The van der Waals surface area contributed by atoms with Gasteiger partial charge in [-0.05, 0) is 46.1 Å². The van der Waals surface area contributed by atoms with Crippen molar-refractivity contribution in [3.05, 3.63) is 23.8 Å². The Balaban J connectivity index is 1.61. The van der Waals surface area contributed by atoms with Gasteiger partial charge in [0.05, 0.1) is 23.9 Å². The summed E-state index contributed by atoms with van der Waals surface area (Å²) in [4.78, 5) is 12.5. The molecule has 0 aromatic heterocycles. The lowest BCUT2D eigenvalue weighted by Gasteiger charge is -2.35. The third-order valence-electron chi connectivity index (χ3n) is 6.38. The van der Waals surface area contributed by atoms with Gasteiger partial charge in [0.2, 0.25) is 0 Å². The lowest BCUT2D eigenvalue weighted by molar-refractivity contribution is -0.145. The molecule has 0 aromatic rings. The molecule has 4 aliphatic rings. The zero-order valence-corrected chi connectivity index (χ0v) is 15.6. The molecule has 1 aliphatic carbocycles. The Kier molecular flexibility index (Phi) is 4.12. The van der Waals surface area contributed by atoms with Crippen LogP contribution in [-0.2, 0) is 19.0 Å². The van der Waals surface area contributed by atoms with Crippen molar-refractivity contribution < 1.29 is 29.2 Å². The van der Waals surface area contributed by atoms with Gasteiger partial charge in [-0.1, -0.05) is 12.2 Å². The van der Waals surface area contributed by atoms with Crippen LogP contribution in [0.5, 0.6) is 0 Å². The van der Waals surface area contributed by atoms with Crippen LogP contribution in [0.1, 0.15) is 40.0 Å².